The maximum Gasteiger partial charge on any atom is 0.398 e. The zero-order chi connectivity index (χ0) is 7.23. The SMILES string of the molecule is N=C1C(N)C1C(F)(F)F. The Kier molecular flexibility index (Phi) is 1.07. The molecule has 1 aliphatic carbocycles. The van der Waals surface area contributed by atoms with Gasteiger partial charge >= 0.3 is 6.18 Å². The van der Waals surface area contributed by atoms with Crippen LogP contribution in [0.3, 0.4) is 0 Å². The van der Waals surface area contributed by atoms with E-state index in [0.29, 0.717) is 0 Å². The lowest BCUT2D eigenvalue weighted by molar-refractivity contribution is -0.142. The quantitative estimate of drug-likeness (QED) is 0.503. The minimum atomic E-state index is -4.30. The molecule has 2 unspecified atom stereocenters. The van der Waals surface area contributed by atoms with E-state index in [2.05, 4.69) is 0 Å². The van der Waals surface area contributed by atoms with E-state index < -0.39 is 23.8 Å². The second kappa shape index (κ2) is 1.47. The van der Waals surface area contributed by atoms with Crippen molar-refractivity contribution in [3.8, 4) is 0 Å². The van der Waals surface area contributed by atoms with Crippen LogP contribution in [0.2, 0.25) is 0 Å². The van der Waals surface area contributed by atoms with E-state index in [9.17, 15) is 13.2 Å². The molecule has 0 spiro atoms. The van der Waals surface area contributed by atoms with Gasteiger partial charge in [0.25, 0.3) is 0 Å². The molecular weight excluding hydrogens is 133 g/mol. The number of nitrogens with one attached hydrogen (secondary N) is 1. The van der Waals surface area contributed by atoms with E-state index in [1.807, 2.05) is 0 Å². The van der Waals surface area contributed by atoms with E-state index in [0.717, 1.165) is 0 Å². The molecule has 2 nitrogen and oxygen atoms in total. The molecule has 0 bridgehead atoms. The number of hydrogen-bond acceptors (Lipinski definition) is 2. The molecule has 0 saturated heterocycles. The first-order valence-electron chi connectivity index (χ1n) is 2.35. The summed E-state index contributed by atoms with van der Waals surface area (Å²) in [5.74, 6) is -1.66. The van der Waals surface area contributed by atoms with Crippen LogP contribution >= 0.6 is 0 Å². The van der Waals surface area contributed by atoms with Crippen LogP contribution in [0.4, 0.5) is 13.2 Å². The lowest BCUT2D eigenvalue weighted by Crippen LogP contribution is -2.17. The lowest BCUT2D eigenvalue weighted by Gasteiger charge is -1.99. The lowest BCUT2D eigenvalue weighted by atomic mass is 10.4. The van der Waals surface area contributed by atoms with Crippen LogP contribution < -0.4 is 5.73 Å². The maximum atomic E-state index is 11.5. The van der Waals surface area contributed by atoms with Crippen LogP contribution in [-0.4, -0.2) is 17.9 Å². The van der Waals surface area contributed by atoms with Gasteiger partial charge in [0.05, 0.1) is 6.04 Å². The minimum absolute atomic E-state index is 0.400. The van der Waals surface area contributed by atoms with E-state index in [1.54, 1.807) is 0 Å². The van der Waals surface area contributed by atoms with E-state index >= 15 is 0 Å². The summed E-state index contributed by atoms with van der Waals surface area (Å²) in [6.07, 6.45) is -4.30. The molecule has 52 valence electrons. The molecule has 0 radical (unpaired) electrons. The molecular formula is C4H5F3N2. The third-order valence-electron chi connectivity index (χ3n) is 1.30. The van der Waals surface area contributed by atoms with Gasteiger partial charge in [-0.15, -0.1) is 0 Å². The Morgan fingerprint density at radius 2 is 1.78 bits per heavy atom. The summed E-state index contributed by atoms with van der Waals surface area (Å²) in [5.41, 5.74) is 4.45. The predicted molar refractivity (Wildman–Crippen MR) is 25.2 cm³/mol. The van der Waals surface area contributed by atoms with Crippen molar-refractivity contribution in [1.29, 1.82) is 5.41 Å². The van der Waals surface area contributed by atoms with Crippen LogP contribution in [-0.2, 0) is 0 Å². The predicted octanol–water partition coefficient (Wildman–Crippen LogP) is 0.526. The molecule has 0 aromatic heterocycles. The number of nitrogens with two attached hydrogens (primary N) is 1. The zero-order valence-electron chi connectivity index (χ0n) is 4.37. The topological polar surface area (TPSA) is 49.9 Å². The van der Waals surface area contributed by atoms with Crippen LogP contribution in [0.25, 0.3) is 0 Å². The second-order valence-electron chi connectivity index (χ2n) is 2.00. The van der Waals surface area contributed by atoms with Gasteiger partial charge in [-0.2, -0.15) is 13.2 Å². The van der Waals surface area contributed by atoms with Crippen molar-refractivity contribution in [1.82, 2.24) is 0 Å². The molecule has 0 aromatic rings. The first kappa shape index (κ1) is 6.54. The van der Waals surface area contributed by atoms with Crippen molar-refractivity contribution in [2.24, 2.45) is 11.7 Å². The number of rotatable bonds is 0. The van der Waals surface area contributed by atoms with E-state index in [1.165, 1.54) is 0 Å². The van der Waals surface area contributed by atoms with Crippen molar-refractivity contribution >= 4 is 5.71 Å². The normalized spacial score (nSPS) is 34.9. The van der Waals surface area contributed by atoms with E-state index in [-0.39, 0.29) is 0 Å². The molecule has 1 fully saturated rings. The van der Waals surface area contributed by atoms with Crippen molar-refractivity contribution in [3.05, 3.63) is 0 Å². The van der Waals surface area contributed by atoms with Gasteiger partial charge < -0.3 is 11.1 Å². The molecule has 1 rings (SSSR count). The van der Waals surface area contributed by atoms with Crippen molar-refractivity contribution in [3.63, 3.8) is 0 Å². The third-order valence-corrected chi connectivity index (χ3v) is 1.30. The summed E-state index contributed by atoms with van der Waals surface area (Å²) in [6.45, 7) is 0. The molecule has 0 heterocycles. The largest absolute Gasteiger partial charge is 0.398 e. The average Bonchev–Trinajstić information content (AvgIpc) is 2.11. The fourth-order valence-corrected chi connectivity index (χ4v) is 0.663. The van der Waals surface area contributed by atoms with Gasteiger partial charge in [-0.1, -0.05) is 0 Å². The van der Waals surface area contributed by atoms with Gasteiger partial charge in [0.1, 0.15) is 5.92 Å². The first-order chi connectivity index (χ1) is 3.94. The molecule has 1 aliphatic rings. The molecule has 1 saturated carbocycles. The highest BCUT2D eigenvalue weighted by atomic mass is 19.4. The van der Waals surface area contributed by atoms with Crippen molar-refractivity contribution < 1.29 is 13.2 Å². The highest BCUT2D eigenvalue weighted by Crippen LogP contribution is 2.39. The zero-order valence-corrected chi connectivity index (χ0v) is 4.37. The van der Waals surface area contributed by atoms with Gasteiger partial charge in [0, 0.05) is 5.71 Å². The molecule has 0 amide bonds. The molecule has 9 heavy (non-hydrogen) atoms. The summed E-state index contributed by atoms with van der Waals surface area (Å²) in [7, 11) is 0. The second-order valence-corrected chi connectivity index (χ2v) is 2.00. The Bertz CT molecular complexity index is 150. The molecule has 0 aromatic carbocycles. The van der Waals surface area contributed by atoms with Gasteiger partial charge in [-0.25, -0.2) is 0 Å². The number of alkyl halides is 3. The number of halogens is 3. The fourth-order valence-electron chi connectivity index (χ4n) is 0.663. The Morgan fingerprint density at radius 3 is 1.78 bits per heavy atom. The van der Waals surface area contributed by atoms with Crippen LogP contribution in [0, 0.1) is 11.3 Å². The average molecular weight is 138 g/mol. The highest BCUT2D eigenvalue weighted by molar-refractivity contribution is 6.05. The van der Waals surface area contributed by atoms with Crippen molar-refractivity contribution in [2.75, 3.05) is 0 Å². The summed E-state index contributed by atoms with van der Waals surface area (Å²) >= 11 is 0. The highest BCUT2D eigenvalue weighted by Gasteiger charge is 2.59. The van der Waals surface area contributed by atoms with Crippen LogP contribution in [0.15, 0.2) is 0 Å². The Morgan fingerprint density at radius 1 is 1.44 bits per heavy atom. The van der Waals surface area contributed by atoms with E-state index in [4.69, 9.17) is 11.1 Å². The van der Waals surface area contributed by atoms with Crippen LogP contribution in [0.5, 0.6) is 0 Å². The van der Waals surface area contributed by atoms with Crippen molar-refractivity contribution in [2.45, 2.75) is 12.2 Å². The van der Waals surface area contributed by atoms with Crippen LogP contribution in [0.1, 0.15) is 0 Å². The summed E-state index contributed by atoms with van der Waals surface area (Å²) in [5, 5.41) is 6.59. The third kappa shape index (κ3) is 0.917. The monoisotopic (exact) mass is 138 g/mol. The van der Waals surface area contributed by atoms with Gasteiger partial charge in [-0.3, -0.25) is 0 Å². The van der Waals surface area contributed by atoms with Gasteiger partial charge in [-0.05, 0) is 0 Å². The molecule has 3 N–H and O–H groups in total. The Labute approximate surface area is 49.4 Å². The van der Waals surface area contributed by atoms with Gasteiger partial charge in [0.15, 0.2) is 0 Å². The summed E-state index contributed by atoms with van der Waals surface area (Å²) in [4.78, 5) is 0. The minimum Gasteiger partial charge on any atom is -0.322 e. The Hall–Kier alpha value is -0.580. The first-order valence-corrected chi connectivity index (χ1v) is 2.35. The summed E-state index contributed by atoms with van der Waals surface area (Å²) in [6, 6.07) is -1.06. The fraction of sp³-hybridized carbons (Fsp3) is 0.750. The van der Waals surface area contributed by atoms with Gasteiger partial charge in [0.2, 0.25) is 0 Å². The molecule has 5 heteroatoms. The maximum absolute atomic E-state index is 11.5. The molecule has 2 atom stereocenters. The standard InChI is InChI=1S/C4H5F3N2/c5-4(6,7)1-2(8)3(1)9/h1-2,9H,8H2. The Balaban J connectivity index is 2.60. The number of hydrogen-bond donors (Lipinski definition) is 2. The smallest absolute Gasteiger partial charge is 0.322 e. The molecule has 0 aliphatic heterocycles. The summed E-state index contributed by atoms with van der Waals surface area (Å²) < 4.78 is 34.6.